The summed E-state index contributed by atoms with van der Waals surface area (Å²) in [6.45, 7) is 10.8. The summed E-state index contributed by atoms with van der Waals surface area (Å²) in [5.74, 6) is 1.36. The van der Waals surface area contributed by atoms with Gasteiger partial charge in [-0.1, -0.05) is 34.6 Å². The molecule has 114 valence electrons. The predicted octanol–water partition coefficient (Wildman–Crippen LogP) is 3.26. The van der Waals surface area contributed by atoms with Crippen molar-refractivity contribution in [3.05, 3.63) is 0 Å². The third-order valence-corrected chi connectivity index (χ3v) is 3.29. The Morgan fingerprint density at radius 2 is 1.58 bits per heavy atom. The Kier molecular flexibility index (Phi) is 17.7. The van der Waals surface area contributed by atoms with Crippen molar-refractivity contribution in [3.63, 3.8) is 0 Å². The minimum atomic E-state index is -3.84. The zero-order valence-electron chi connectivity index (χ0n) is 12.4. The Morgan fingerprint density at radius 3 is 2.00 bits per heavy atom. The number of rotatable bonds is 9. The van der Waals surface area contributed by atoms with Crippen molar-refractivity contribution in [2.45, 2.75) is 47.5 Å². The molecule has 0 saturated heterocycles. The van der Waals surface area contributed by atoms with Gasteiger partial charge in [0.05, 0.1) is 13.2 Å². The maximum atomic E-state index is 11.4. The summed E-state index contributed by atoms with van der Waals surface area (Å²) in [6, 6.07) is 0. The minimum absolute atomic E-state index is 0. The van der Waals surface area contributed by atoms with E-state index in [1.165, 1.54) is 0 Å². The average Bonchev–Trinajstić information content (AvgIpc) is 2.13. The molecule has 0 aromatic heterocycles. The number of phosphoric acid groups is 1. The monoisotopic (exact) mass is 324 g/mol. The first-order chi connectivity index (χ1) is 7.73. The summed E-state index contributed by atoms with van der Waals surface area (Å²) in [7, 11) is -3.84. The van der Waals surface area contributed by atoms with E-state index >= 15 is 0 Å². The van der Waals surface area contributed by atoms with Crippen LogP contribution in [0.5, 0.6) is 0 Å². The van der Waals surface area contributed by atoms with E-state index in [2.05, 4.69) is 20.8 Å². The van der Waals surface area contributed by atoms with Crippen molar-refractivity contribution in [2.75, 3.05) is 13.2 Å². The first kappa shape index (κ1) is 25.5. The van der Waals surface area contributed by atoms with Crippen LogP contribution < -0.4 is 0 Å². The summed E-state index contributed by atoms with van der Waals surface area (Å²) >= 11 is 0. The van der Waals surface area contributed by atoms with E-state index in [0.717, 1.165) is 12.8 Å². The summed E-state index contributed by atoms with van der Waals surface area (Å²) in [6.07, 6.45) is 1.89. The van der Waals surface area contributed by atoms with Crippen LogP contribution in [0.4, 0.5) is 0 Å². The molecule has 0 aromatic rings. The van der Waals surface area contributed by atoms with Crippen LogP contribution in [0.2, 0.25) is 0 Å². The normalized spacial score (nSPS) is 15.6. The van der Waals surface area contributed by atoms with Crippen molar-refractivity contribution in [3.8, 4) is 0 Å². The number of hydrogen-bond donors (Lipinski definition) is 1. The first-order valence-corrected chi connectivity index (χ1v) is 7.84. The van der Waals surface area contributed by atoms with Gasteiger partial charge >= 0.3 is 37.4 Å². The molecule has 0 bridgehead atoms. The Morgan fingerprint density at radius 1 is 1.05 bits per heavy atom. The molecule has 0 aliphatic carbocycles. The van der Waals surface area contributed by atoms with Crippen LogP contribution in [0.1, 0.15) is 47.5 Å². The zero-order valence-corrected chi connectivity index (χ0v) is 14.7. The molecule has 0 fully saturated rings. The summed E-state index contributed by atoms with van der Waals surface area (Å²) < 4.78 is 21.2. The van der Waals surface area contributed by atoms with Gasteiger partial charge in [0, 0.05) is 0 Å². The molecular weight excluding hydrogens is 293 g/mol. The summed E-state index contributed by atoms with van der Waals surface area (Å²) in [5.41, 5.74) is 0. The predicted molar refractivity (Wildman–Crippen MR) is 88.1 cm³/mol. The second-order valence-electron chi connectivity index (χ2n) is 5.51. The van der Waals surface area contributed by atoms with Crippen LogP contribution >= 0.6 is 17.7 Å². The van der Waals surface area contributed by atoms with Gasteiger partial charge < -0.3 is 4.89 Å². The fraction of sp³-hybridized carbons (Fsp3) is 1.00. The van der Waals surface area contributed by atoms with Gasteiger partial charge in [-0.05, 0) is 30.6 Å². The van der Waals surface area contributed by atoms with Gasteiger partial charge in [-0.25, -0.2) is 4.57 Å². The Balaban J connectivity index is -0.00000128. The quantitative estimate of drug-likeness (QED) is 0.522. The standard InChI is InChI=1S/C12H27O4P.Na.H3P.H/c1-10(2)8-12(5)6-7-15-17(13,14)16-9-11(3)4;;;/h10-12H,6-9H2,1-5H3,(H,13,14);;1H3;. The molecule has 19 heavy (non-hydrogen) atoms. The fourth-order valence-corrected chi connectivity index (χ4v) is 2.47. The zero-order chi connectivity index (χ0) is 13.5. The Bertz CT molecular complexity index is 250. The van der Waals surface area contributed by atoms with E-state index in [-0.39, 0.29) is 58.6 Å². The van der Waals surface area contributed by atoms with E-state index < -0.39 is 7.82 Å². The van der Waals surface area contributed by atoms with Crippen LogP contribution in [0.25, 0.3) is 0 Å². The average molecular weight is 324 g/mol. The van der Waals surface area contributed by atoms with Gasteiger partial charge in [-0.2, -0.15) is 9.90 Å². The third-order valence-electron chi connectivity index (χ3n) is 2.31. The second kappa shape index (κ2) is 13.2. The fourth-order valence-electron chi connectivity index (χ4n) is 1.57. The van der Waals surface area contributed by atoms with Gasteiger partial charge in [0.2, 0.25) is 0 Å². The Hall–Kier alpha value is 1.54. The van der Waals surface area contributed by atoms with Crippen LogP contribution in [0, 0.1) is 17.8 Å². The SMILES string of the molecule is CC(C)COP(=O)(O)OCCC(C)CC(C)C.P.[NaH]. The Labute approximate surface area is 143 Å². The molecule has 4 nitrogen and oxygen atoms in total. The second-order valence-corrected chi connectivity index (χ2v) is 6.97. The molecular formula is C12H31NaO4P2. The van der Waals surface area contributed by atoms with Crippen molar-refractivity contribution < 1.29 is 18.5 Å². The topological polar surface area (TPSA) is 55.8 Å². The molecule has 0 aliphatic rings. The molecule has 0 aliphatic heterocycles. The molecule has 0 rings (SSSR count). The van der Waals surface area contributed by atoms with Gasteiger partial charge in [-0.15, -0.1) is 0 Å². The summed E-state index contributed by atoms with van der Waals surface area (Å²) in [4.78, 5) is 9.37. The molecule has 0 saturated carbocycles. The van der Waals surface area contributed by atoms with Gasteiger partial charge in [0.25, 0.3) is 0 Å². The van der Waals surface area contributed by atoms with E-state index in [0.29, 0.717) is 11.8 Å². The molecule has 3 unspecified atom stereocenters. The van der Waals surface area contributed by atoms with Crippen molar-refractivity contribution >= 4 is 47.3 Å². The molecule has 0 radical (unpaired) electrons. The molecule has 0 amide bonds. The number of phosphoric ester groups is 1. The molecule has 0 heterocycles. The summed E-state index contributed by atoms with van der Waals surface area (Å²) in [5, 5.41) is 0. The number of hydrogen-bond acceptors (Lipinski definition) is 3. The van der Waals surface area contributed by atoms with Gasteiger partial charge in [0.1, 0.15) is 0 Å². The van der Waals surface area contributed by atoms with Crippen molar-refractivity contribution in [1.29, 1.82) is 0 Å². The van der Waals surface area contributed by atoms with Crippen molar-refractivity contribution in [2.24, 2.45) is 17.8 Å². The van der Waals surface area contributed by atoms with E-state index in [4.69, 9.17) is 9.05 Å². The van der Waals surface area contributed by atoms with Gasteiger partial charge in [-0.3, -0.25) is 9.05 Å². The van der Waals surface area contributed by atoms with Crippen molar-refractivity contribution in [1.82, 2.24) is 0 Å². The van der Waals surface area contributed by atoms with E-state index in [1.54, 1.807) is 0 Å². The van der Waals surface area contributed by atoms with Crippen LogP contribution in [0.3, 0.4) is 0 Å². The van der Waals surface area contributed by atoms with E-state index in [9.17, 15) is 9.46 Å². The van der Waals surface area contributed by atoms with Crippen LogP contribution in [-0.2, 0) is 13.6 Å². The van der Waals surface area contributed by atoms with E-state index in [1.807, 2.05) is 13.8 Å². The maximum absolute atomic E-state index is 11.4. The molecule has 0 aromatic carbocycles. The van der Waals surface area contributed by atoms with Crippen LogP contribution in [0.15, 0.2) is 0 Å². The third kappa shape index (κ3) is 17.5. The molecule has 1 N–H and O–H groups in total. The van der Waals surface area contributed by atoms with Gasteiger partial charge in [0.15, 0.2) is 0 Å². The molecule has 0 spiro atoms. The molecule has 3 atom stereocenters. The molecule has 7 heteroatoms. The van der Waals surface area contributed by atoms with Crippen LogP contribution in [-0.4, -0.2) is 47.7 Å². The first-order valence-electron chi connectivity index (χ1n) is 6.34.